The molecule has 0 aromatic rings. The topological polar surface area (TPSA) is 96.2 Å². The molecular formula is C32H52O6. The van der Waals surface area contributed by atoms with E-state index in [-0.39, 0.29) is 45.7 Å². The standard InChI is InChI=1S/C32H52O6/c1-17-15-19(26(28(5,6)36)37-18(2)33)38-24-23(17)29(7)13-14-32-16-31(32)12-11-22(34)27(3,4)20(31)9-10-21(32)30(29,8)25(24)35/h17,19-26,34-36H,9-16H2,1-8H3/t17-,19-,20+,21+,22+,23+,24-,25-,26-,29-,30-,31?,32+/m1/s1. The van der Waals surface area contributed by atoms with Gasteiger partial charge >= 0.3 is 5.97 Å². The number of esters is 1. The second-order valence-electron chi connectivity index (χ2n) is 16.3. The number of rotatable bonds is 3. The number of aliphatic hydroxyl groups excluding tert-OH is 2. The molecule has 0 aromatic heterocycles. The lowest BCUT2D eigenvalue weighted by molar-refractivity contribution is -0.216. The first-order valence-corrected chi connectivity index (χ1v) is 15.4. The number of hydrogen-bond donors (Lipinski definition) is 3. The Kier molecular flexibility index (Phi) is 5.77. The van der Waals surface area contributed by atoms with Crippen LogP contribution >= 0.6 is 0 Å². The summed E-state index contributed by atoms with van der Waals surface area (Å²) >= 11 is 0. The van der Waals surface area contributed by atoms with Gasteiger partial charge in [-0.05, 0) is 111 Å². The molecule has 1 heterocycles. The molecule has 6 rings (SSSR count). The van der Waals surface area contributed by atoms with Gasteiger partial charge in [-0.25, -0.2) is 0 Å². The molecule has 1 aliphatic heterocycles. The first-order valence-electron chi connectivity index (χ1n) is 15.4. The molecule has 5 saturated carbocycles. The van der Waals surface area contributed by atoms with E-state index in [1.807, 2.05) is 0 Å². The van der Waals surface area contributed by atoms with Gasteiger partial charge in [0.1, 0.15) is 0 Å². The molecule has 5 aliphatic carbocycles. The van der Waals surface area contributed by atoms with Gasteiger partial charge in [-0.1, -0.05) is 34.6 Å². The Labute approximate surface area is 229 Å². The lowest BCUT2D eigenvalue weighted by Crippen LogP contribution is -2.59. The maximum Gasteiger partial charge on any atom is 0.303 e. The van der Waals surface area contributed by atoms with Crippen molar-refractivity contribution in [3.63, 3.8) is 0 Å². The molecule has 13 atom stereocenters. The Morgan fingerprint density at radius 2 is 1.63 bits per heavy atom. The first-order chi connectivity index (χ1) is 17.5. The van der Waals surface area contributed by atoms with E-state index in [9.17, 15) is 20.1 Å². The first kappa shape index (κ1) is 27.5. The van der Waals surface area contributed by atoms with Crippen LogP contribution in [-0.4, -0.2) is 57.4 Å². The number of ether oxygens (including phenoxy) is 2. The fourth-order valence-electron chi connectivity index (χ4n) is 12.4. The third-order valence-corrected chi connectivity index (χ3v) is 14.1. The molecule has 6 heteroatoms. The quantitative estimate of drug-likeness (QED) is 0.449. The van der Waals surface area contributed by atoms with Gasteiger partial charge in [0.15, 0.2) is 6.10 Å². The zero-order valence-corrected chi connectivity index (χ0v) is 24.9. The van der Waals surface area contributed by atoms with Crippen molar-refractivity contribution in [2.45, 2.75) is 143 Å². The van der Waals surface area contributed by atoms with Crippen molar-refractivity contribution in [1.82, 2.24) is 0 Å². The molecule has 6 nitrogen and oxygen atoms in total. The highest BCUT2D eigenvalue weighted by atomic mass is 16.6. The lowest BCUT2D eigenvalue weighted by Gasteiger charge is -2.63. The fourth-order valence-corrected chi connectivity index (χ4v) is 12.4. The second-order valence-corrected chi connectivity index (χ2v) is 16.3. The summed E-state index contributed by atoms with van der Waals surface area (Å²) in [6.45, 7) is 16.4. The molecule has 0 radical (unpaired) electrons. The average Bonchev–Trinajstić information content (AvgIpc) is 3.44. The van der Waals surface area contributed by atoms with E-state index < -0.39 is 29.9 Å². The largest absolute Gasteiger partial charge is 0.457 e. The fraction of sp³-hybridized carbons (Fsp3) is 0.969. The predicted octanol–water partition coefficient (Wildman–Crippen LogP) is 4.86. The third-order valence-electron chi connectivity index (χ3n) is 14.1. The average molecular weight is 533 g/mol. The van der Waals surface area contributed by atoms with Crippen LogP contribution in [0.25, 0.3) is 0 Å². The van der Waals surface area contributed by atoms with E-state index >= 15 is 0 Å². The summed E-state index contributed by atoms with van der Waals surface area (Å²) in [7, 11) is 0. The minimum Gasteiger partial charge on any atom is -0.457 e. The second kappa shape index (κ2) is 7.98. The van der Waals surface area contributed by atoms with Crippen LogP contribution in [0.15, 0.2) is 0 Å². The van der Waals surface area contributed by atoms with Crippen LogP contribution in [0, 0.1) is 50.7 Å². The van der Waals surface area contributed by atoms with Crippen molar-refractivity contribution in [1.29, 1.82) is 0 Å². The zero-order valence-electron chi connectivity index (χ0n) is 24.9. The molecule has 2 spiro atoms. The monoisotopic (exact) mass is 532 g/mol. The van der Waals surface area contributed by atoms with Crippen LogP contribution in [0.2, 0.25) is 0 Å². The summed E-state index contributed by atoms with van der Waals surface area (Å²) in [6.07, 6.45) is 6.19. The van der Waals surface area contributed by atoms with Crippen LogP contribution in [0.5, 0.6) is 0 Å². The van der Waals surface area contributed by atoms with Crippen LogP contribution in [0.4, 0.5) is 0 Å². The van der Waals surface area contributed by atoms with Crippen molar-refractivity contribution in [2.75, 3.05) is 0 Å². The number of carbonyl (C=O) groups excluding carboxylic acids is 1. The molecular weight excluding hydrogens is 480 g/mol. The molecule has 0 amide bonds. The summed E-state index contributed by atoms with van der Waals surface area (Å²) in [4.78, 5) is 11.9. The van der Waals surface area contributed by atoms with Crippen LogP contribution < -0.4 is 0 Å². The summed E-state index contributed by atoms with van der Waals surface area (Å²) in [6, 6.07) is 0. The van der Waals surface area contributed by atoms with Gasteiger partial charge in [0, 0.05) is 12.3 Å². The number of hydrogen-bond acceptors (Lipinski definition) is 6. The molecule has 6 fully saturated rings. The lowest BCUT2D eigenvalue weighted by atomic mass is 9.41. The summed E-state index contributed by atoms with van der Waals surface area (Å²) in [5.41, 5.74) is -1.01. The molecule has 0 bridgehead atoms. The van der Waals surface area contributed by atoms with Gasteiger partial charge in [0.05, 0.1) is 30.0 Å². The Morgan fingerprint density at radius 3 is 2.26 bits per heavy atom. The SMILES string of the molecule is CC(=O)O[C@H]([C@H]1C[C@@H](C)[C@H]2[C@@H](O1)[C@@H](O)[C@@]1(C)[C@@H]3CC[C@H]4C(C)(C)[C@@H](O)CCC45C[C@@]35CC[C@]21C)C(C)(C)O. The highest BCUT2D eigenvalue weighted by Crippen LogP contribution is 2.89. The van der Waals surface area contributed by atoms with E-state index in [0.29, 0.717) is 23.7 Å². The van der Waals surface area contributed by atoms with Gasteiger partial charge < -0.3 is 24.8 Å². The van der Waals surface area contributed by atoms with Crippen molar-refractivity contribution in [3.05, 3.63) is 0 Å². The zero-order chi connectivity index (χ0) is 27.8. The smallest absolute Gasteiger partial charge is 0.303 e. The molecule has 3 N–H and O–H groups in total. The molecule has 0 aromatic carbocycles. The minimum atomic E-state index is -1.24. The van der Waals surface area contributed by atoms with Crippen LogP contribution in [0.3, 0.4) is 0 Å². The predicted molar refractivity (Wildman–Crippen MR) is 144 cm³/mol. The molecule has 1 saturated heterocycles. The van der Waals surface area contributed by atoms with E-state index in [1.54, 1.807) is 13.8 Å². The summed E-state index contributed by atoms with van der Waals surface area (Å²) < 4.78 is 12.4. The minimum absolute atomic E-state index is 0.0383. The van der Waals surface area contributed by atoms with E-state index in [1.165, 1.54) is 19.8 Å². The Bertz CT molecular complexity index is 1000. The Hall–Kier alpha value is -0.690. The maximum absolute atomic E-state index is 12.3. The van der Waals surface area contributed by atoms with Gasteiger partial charge in [0.25, 0.3) is 0 Å². The normalized spacial score (nSPS) is 55.4. The highest BCUT2D eigenvalue weighted by molar-refractivity contribution is 5.66. The van der Waals surface area contributed by atoms with E-state index in [0.717, 1.165) is 32.1 Å². The Morgan fingerprint density at radius 1 is 1.00 bits per heavy atom. The number of aliphatic hydroxyl groups is 3. The number of fused-ring (bicyclic) bond motifs is 4. The molecule has 216 valence electrons. The molecule has 38 heavy (non-hydrogen) atoms. The van der Waals surface area contributed by atoms with Gasteiger partial charge in [-0.3, -0.25) is 4.79 Å². The van der Waals surface area contributed by atoms with E-state index in [4.69, 9.17) is 9.47 Å². The third kappa shape index (κ3) is 3.13. The molecule has 6 aliphatic rings. The van der Waals surface area contributed by atoms with Crippen molar-refractivity contribution in [3.8, 4) is 0 Å². The van der Waals surface area contributed by atoms with Crippen LogP contribution in [0.1, 0.15) is 107 Å². The highest BCUT2D eigenvalue weighted by Gasteiger charge is 2.84. The van der Waals surface area contributed by atoms with Gasteiger partial charge in [-0.15, -0.1) is 0 Å². The Balaban J connectivity index is 1.35. The van der Waals surface area contributed by atoms with Crippen LogP contribution in [-0.2, 0) is 14.3 Å². The summed E-state index contributed by atoms with van der Waals surface area (Å²) in [5.74, 6) is 1.09. The van der Waals surface area contributed by atoms with E-state index in [2.05, 4.69) is 34.6 Å². The van der Waals surface area contributed by atoms with Crippen molar-refractivity contribution >= 4 is 5.97 Å². The summed E-state index contributed by atoms with van der Waals surface area (Å²) in [5, 5.41) is 34.2. The van der Waals surface area contributed by atoms with Crippen molar-refractivity contribution < 1.29 is 29.6 Å². The van der Waals surface area contributed by atoms with Gasteiger partial charge in [0.2, 0.25) is 0 Å². The number of carbonyl (C=O) groups is 1. The molecule has 1 unspecified atom stereocenters. The maximum atomic E-state index is 12.3. The van der Waals surface area contributed by atoms with Gasteiger partial charge in [-0.2, -0.15) is 0 Å². The van der Waals surface area contributed by atoms with Crippen molar-refractivity contribution in [2.24, 2.45) is 50.7 Å².